The lowest BCUT2D eigenvalue weighted by Crippen LogP contribution is -2.52. The Morgan fingerprint density at radius 2 is 2.00 bits per heavy atom. The zero-order valence-corrected chi connectivity index (χ0v) is 13.6. The van der Waals surface area contributed by atoms with E-state index in [0.717, 1.165) is 42.9 Å². The van der Waals surface area contributed by atoms with Crippen molar-refractivity contribution in [3.63, 3.8) is 0 Å². The van der Waals surface area contributed by atoms with Gasteiger partial charge in [-0.25, -0.2) is 0 Å². The van der Waals surface area contributed by atoms with E-state index >= 15 is 0 Å². The average Bonchev–Trinajstić information content (AvgIpc) is 2.51. The van der Waals surface area contributed by atoms with E-state index in [1.165, 1.54) is 32.4 Å². The van der Waals surface area contributed by atoms with Gasteiger partial charge >= 0.3 is 0 Å². The zero-order valence-electron chi connectivity index (χ0n) is 12.8. The van der Waals surface area contributed by atoms with E-state index < -0.39 is 0 Å². The van der Waals surface area contributed by atoms with Crippen LogP contribution in [0.15, 0.2) is 18.5 Å². The van der Waals surface area contributed by atoms with E-state index in [0.29, 0.717) is 0 Å². The molecule has 0 bridgehead atoms. The minimum Gasteiger partial charge on any atom is -0.368 e. The molecule has 5 heteroatoms. The summed E-state index contributed by atoms with van der Waals surface area (Å²) in [6.45, 7) is 6.85. The van der Waals surface area contributed by atoms with Crippen molar-refractivity contribution in [2.24, 2.45) is 0 Å². The molecular formula is C16H25ClN4. The van der Waals surface area contributed by atoms with Crippen molar-refractivity contribution in [2.75, 3.05) is 51.2 Å². The first-order valence-electron chi connectivity index (χ1n) is 8.01. The Hall–Kier alpha value is -0.840. The Bertz CT molecular complexity index is 459. The quantitative estimate of drug-likeness (QED) is 0.855. The van der Waals surface area contributed by atoms with Gasteiger partial charge in [0.25, 0.3) is 0 Å². The molecular weight excluding hydrogens is 284 g/mol. The maximum Gasteiger partial charge on any atom is 0.0822 e. The third kappa shape index (κ3) is 3.68. The van der Waals surface area contributed by atoms with Gasteiger partial charge in [0.2, 0.25) is 0 Å². The topological polar surface area (TPSA) is 22.6 Å². The molecule has 1 atom stereocenters. The summed E-state index contributed by atoms with van der Waals surface area (Å²) in [6, 6.07) is 2.77. The maximum atomic E-state index is 6.24. The van der Waals surface area contributed by atoms with Gasteiger partial charge in [0.05, 0.1) is 10.7 Å². The van der Waals surface area contributed by atoms with Crippen LogP contribution in [-0.4, -0.2) is 67.1 Å². The summed E-state index contributed by atoms with van der Waals surface area (Å²) < 4.78 is 0. The van der Waals surface area contributed by atoms with Crippen molar-refractivity contribution < 1.29 is 0 Å². The largest absolute Gasteiger partial charge is 0.368 e. The van der Waals surface area contributed by atoms with E-state index in [9.17, 15) is 0 Å². The standard InChI is InChI=1S/C16H25ClN4/c1-19-7-3-2-4-14(19)13-20-8-10-21(11-9-20)16-5-6-18-12-15(16)17/h5-6,12,14H,2-4,7-11,13H2,1H3. The molecule has 1 unspecified atom stereocenters. The van der Waals surface area contributed by atoms with Crippen LogP contribution in [0.1, 0.15) is 19.3 Å². The molecule has 0 N–H and O–H groups in total. The Morgan fingerprint density at radius 3 is 2.71 bits per heavy atom. The van der Waals surface area contributed by atoms with Gasteiger partial charge < -0.3 is 9.80 Å². The van der Waals surface area contributed by atoms with Gasteiger partial charge in [0.1, 0.15) is 0 Å². The van der Waals surface area contributed by atoms with Gasteiger partial charge in [-0.3, -0.25) is 9.88 Å². The third-order valence-electron chi connectivity index (χ3n) is 4.85. The first-order valence-corrected chi connectivity index (χ1v) is 8.39. The maximum absolute atomic E-state index is 6.24. The number of likely N-dealkylation sites (tertiary alicyclic amines) is 1. The predicted octanol–water partition coefficient (Wildman–Crippen LogP) is 2.34. The molecule has 1 aromatic rings. The molecule has 2 saturated heterocycles. The first kappa shape index (κ1) is 15.1. The molecule has 0 aromatic carbocycles. The lowest BCUT2D eigenvalue weighted by molar-refractivity contribution is 0.125. The number of hydrogen-bond acceptors (Lipinski definition) is 4. The predicted molar refractivity (Wildman–Crippen MR) is 88.2 cm³/mol. The number of piperidine rings is 1. The van der Waals surface area contributed by atoms with E-state index in [1.807, 2.05) is 12.3 Å². The fraction of sp³-hybridized carbons (Fsp3) is 0.688. The monoisotopic (exact) mass is 308 g/mol. The molecule has 4 nitrogen and oxygen atoms in total. The van der Waals surface area contributed by atoms with Crippen molar-refractivity contribution in [2.45, 2.75) is 25.3 Å². The number of rotatable bonds is 3. The van der Waals surface area contributed by atoms with Crippen molar-refractivity contribution in [1.82, 2.24) is 14.8 Å². The molecule has 2 aliphatic rings. The summed E-state index contributed by atoms with van der Waals surface area (Å²) in [5, 5.41) is 0.762. The van der Waals surface area contributed by atoms with Crippen LogP contribution in [0.25, 0.3) is 0 Å². The second kappa shape index (κ2) is 6.95. The number of hydrogen-bond donors (Lipinski definition) is 0. The number of pyridine rings is 1. The molecule has 3 rings (SSSR count). The van der Waals surface area contributed by atoms with Crippen LogP contribution in [0.5, 0.6) is 0 Å². The Morgan fingerprint density at radius 1 is 1.19 bits per heavy atom. The molecule has 0 spiro atoms. The minimum atomic E-state index is 0.745. The zero-order chi connectivity index (χ0) is 14.7. The highest BCUT2D eigenvalue weighted by atomic mass is 35.5. The number of anilines is 1. The van der Waals surface area contributed by atoms with Crippen molar-refractivity contribution in [3.8, 4) is 0 Å². The Kier molecular flexibility index (Phi) is 4.99. The lowest BCUT2D eigenvalue weighted by Gasteiger charge is -2.41. The van der Waals surface area contributed by atoms with Crippen LogP contribution in [-0.2, 0) is 0 Å². The number of halogens is 1. The van der Waals surface area contributed by atoms with Crippen LogP contribution < -0.4 is 4.90 Å². The molecule has 21 heavy (non-hydrogen) atoms. The van der Waals surface area contributed by atoms with E-state index in [2.05, 4.69) is 26.7 Å². The van der Waals surface area contributed by atoms with Crippen molar-refractivity contribution in [1.29, 1.82) is 0 Å². The van der Waals surface area contributed by atoms with Crippen LogP contribution in [0.3, 0.4) is 0 Å². The summed E-state index contributed by atoms with van der Waals surface area (Å²) in [5.74, 6) is 0. The van der Waals surface area contributed by atoms with Gasteiger partial charge in [-0.15, -0.1) is 0 Å². The normalized spacial score (nSPS) is 25.2. The molecule has 116 valence electrons. The van der Waals surface area contributed by atoms with Crippen LogP contribution in [0, 0.1) is 0 Å². The fourth-order valence-corrected chi connectivity index (χ4v) is 3.71. The highest BCUT2D eigenvalue weighted by Crippen LogP contribution is 2.25. The third-order valence-corrected chi connectivity index (χ3v) is 5.15. The number of aromatic nitrogens is 1. The minimum absolute atomic E-state index is 0.745. The number of nitrogens with zero attached hydrogens (tertiary/aromatic N) is 4. The summed E-state index contributed by atoms with van der Waals surface area (Å²) in [6.07, 6.45) is 7.67. The number of piperazine rings is 1. The number of likely N-dealkylation sites (N-methyl/N-ethyl adjacent to an activating group) is 1. The second-order valence-electron chi connectivity index (χ2n) is 6.24. The van der Waals surface area contributed by atoms with Gasteiger partial charge in [-0.05, 0) is 32.5 Å². The van der Waals surface area contributed by atoms with Crippen molar-refractivity contribution in [3.05, 3.63) is 23.5 Å². The van der Waals surface area contributed by atoms with Gasteiger partial charge in [-0.2, -0.15) is 0 Å². The van der Waals surface area contributed by atoms with E-state index in [4.69, 9.17) is 11.6 Å². The van der Waals surface area contributed by atoms with Crippen LogP contribution in [0.4, 0.5) is 5.69 Å². The summed E-state index contributed by atoms with van der Waals surface area (Å²) in [5.41, 5.74) is 1.13. The molecule has 0 amide bonds. The molecule has 0 saturated carbocycles. The molecule has 3 heterocycles. The SMILES string of the molecule is CN1CCCCC1CN1CCN(c2ccncc2Cl)CC1. The second-order valence-corrected chi connectivity index (χ2v) is 6.65. The van der Waals surface area contributed by atoms with Crippen LogP contribution >= 0.6 is 11.6 Å². The highest BCUT2D eigenvalue weighted by molar-refractivity contribution is 6.33. The van der Waals surface area contributed by atoms with Gasteiger partial charge in [0.15, 0.2) is 0 Å². The van der Waals surface area contributed by atoms with Gasteiger partial charge in [0, 0.05) is 51.2 Å². The molecule has 2 fully saturated rings. The van der Waals surface area contributed by atoms with E-state index in [1.54, 1.807) is 6.20 Å². The Labute approximate surface area is 132 Å². The summed E-state index contributed by atoms with van der Waals surface area (Å²) >= 11 is 6.24. The summed E-state index contributed by atoms with van der Waals surface area (Å²) in [4.78, 5) is 11.6. The van der Waals surface area contributed by atoms with Crippen molar-refractivity contribution >= 4 is 17.3 Å². The fourth-order valence-electron chi connectivity index (χ4n) is 3.47. The smallest absolute Gasteiger partial charge is 0.0822 e. The van der Waals surface area contributed by atoms with Crippen LogP contribution in [0.2, 0.25) is 5.02 Å². The molecule has 0 aliphatic carbocycles. The summed E-state index contributed by atoms with van der Waals surface area (Å²) in [7, 11) is 2.27. The first-order chi connectivity index (χ1) is 10.2. The molecule has 1 aromatic heterocycles. The highest BCUT2D eigenvalue weighted by Gasteiger charge is 2.24. The molecule has 2 aliphatic heterocycles. The lowest BCUT2D eigenvalue weighted by atomic mass is 10.0. The molecule has 0 radical (unpaired) electrons. The van der Waals surface area contributed by atoms with Gasteiger partial charge in [-0.1, -0.05) is 18.0 Å². The Balaban J connectivity index is 1.52. The van der Waals surface area contributed by atoms with E-state index in [-0.39, 0.29) is 0 Å². The average molecular weight is 309 g/mol.